The van der Waals surface area contributed by atoms with Crippen molar-refractivity contribution < 1.29 is 19.4 Å². The third-order valence-corrected chi connectivity index (χ3v) is 1.76. The van der Waals surface area contributed by atoms with Gasteiger partial charge in [-0.2, -0.15) is 5.10 Å². The minimum Gasteiger partial charge on any atom is -0.478 e. The van der Waals surface area contributed by atoms with Crippen molar-refractivity contribution in [3.8, 4) is 0 Å². The molecule has 0 unspecified atom stereocenters. The standard InChI is InChI=1S/C10H15N3O4/c1-10(2,3)17-9(16)11-5-7-6(8(14)15)4-12-13-7/h4H,5H2,1-3H3,(H,11,16)(H,12,13)(H,14,15). The van der Waals surface area contributed by atoms with Gasteiger partial charge in [0.05, 0.1) is 18.4 Å². The zero-order valence-electron chi connectivity index (χ0n) is 9.90. The molecule has 0 atom stereocenters. The molecule has 0 aliphatic carbocycles. The summed E-state index contributed by atoms with van der Waals surface area (Å²) < 4.78 is 5.00. The summed E-state index contributed by atoms with van der Waals surface area (Å²) in [4.78, 5) is 22.1. The molecule has 0 saturated carbocycles. The number of hydrogen-bond acceptors (Lipinski definition) is 4. The summed E-state index contributed by atoms with van der Waals surface area (Å²) in [5.41, 5.74) is -0.238. The molecular formula is C10H15N3O4. The second-order valence-electron chi connectivity index (χ2n) is 4.42. The third kappa shape index (κ3) is 4.13. The van der Waals surface area contributed by atoms with Gasteiger partial charge in [0.15, 0.2) is 0 Å². The summed E-state index contributed by atoms with van der Waals surface area (Å²) in [6.45, 7) is 5.25. The van der Waals surface area contributed by atoms with Crippen molar-refractivity contribution in [1.29, 1.82) is 0 Å². The van der Waals surface area contributed by atoms with Crippen molar-refractivity contribution in [1.82, 2.24) is 15.5 Å². The number of amides is 1. The second kappa shape index (κ2) is 4.86. The first-order valence-corrected chi connectivity index (χ1v) is 5.02. The van der Waals surface area contributed by atoms with Crippen molar-refractivity contribution in [3.05, 3.63) is 17.5 Å². The van der Waals surface area contributed by atoms with Gasteiger partial charge in [0, 0.05) is 0 Å². The maximum atomic E-state index is 11.3. The summed E-state index contributed by atoms with van der Waals surface area (Å²) in [7, 11) is 0. The van der Waals surface area contributed by atoms with Crippen LogP contribution in [0.1, 0.15) is 36.8 Å². The van der Waals surface area contributed by atoms with Crippen LogP contribution >= 0.6 is 0 Å². The summed E-state index contributed by atoms with van der Waals surface area (Å²) in [6.07, 6.45) is 0.581. The number of aromatic carboxylic acids is 1. The van der Waals surface area contributed by atoms with Crippen LogP contribution in [-0.4, -0.2) is 33.0 Å². The van der Waals surface area contributed by atoms with Gasteiger partial charge in [0.2, 0.25) is 0 Å². The maximum Gasteiger partial charge on any atom is 0.407 e. The maximum absolute atomic E-state index is 11.3. The van der Waals surface area contributed by atoms with E-state index in [2.05, 4.69) is 15.5 Å². The fourth-order valence-corrected chi connectivity index (χ4v) is 1.11. The number of aromatic amines is 1. The molecule has 0 radical (unpaired) electrons. The van der Waals surface area contributed by atoms with Gasteiger partial charge in [-0.1, -0.05) is 0 Å². The van der Waals surface area contributed by atoms with Crippen LogP contribution in [0.15, 0.2) is 6.20 Å². The number of carboxylic acid groups (broad SMARTS) is 1. The highest BCUT2D eigenvalue weighted by Crippen LogP contribution is 2.08. The molecular weight excluding hydrogens is 226 g/mol. The normalized spacial score (nSPS) is 11.0. The summed E-state index contributed by atoms with van der Waals surface area (Å²) in [5, 5.41) is 17.3. The number of ether oxygens (including phenoxy) is 1. The number of alkyl carbamates (subject to hydrolysis) is 1. The number of carbonyl (C=O) groups excluding carboxylic acids is 1. The van der Waals surface area contributed by atoms with E-state index in [9.17, 15) is 9.59 Å². The molecule has 1 heterocycles. The van der Waals surface area contributed by atoms with E-state index in [4.69, 9.17) is 9.84 Å². The van der Waals surface area contributed by atoms with E-state index < -0.39 is 17.7 Å². The minimum atomic E-state index is -1.10. The Morgan fingerprint density at radius 3 is 2.71 bits per heavy atom. The molecule has 0 aromatic carbocycles. The van der Waals surface area contributed by atoms with Crippen LogP contribution in [0, 0.1) is 0 Å². The van der Waals surface area contributed by atoms with Gasteiger partial charge >= 0.3 is 12.1 Å². The molecule has 0 aliphatic heterocycles. The summed E-state index contributed by atoms with van der Waals surface area (Å²) in [5.74, 6) is -1.10. The molecule has 0 saturated heterocycles. The van der Waals surface area contributed by atoms with Gasteiger partial charge in [-0.3, -0.25) is 5.10 Å². The number of carbonyl (C=O) groups is 2. The van der Waals surface area contributed by atoms with E-state index in [0.717, 1.165) is 0 Å². The van der Waals surface area contributed by atoms with E-state index in [0.29, 0.717) is 5.69 Å². The molecule has 7 nitrogen and oxygen atoms in total. The molecule has 0 spiro atoms. The molecule has 0 aliphatic rings. The quantitative estimate of drug-likeness (QED) is 0.735. The molecule has 0 bridgehead atoms. The van der Waals surface area contributed by atoms with Crippen LogP contribution in [0.25, 0.3) is 0 Å². The van der Waals surface area contributed by atoms with Crippen molar-refractivity contribution in [2.24, 2.45) is 0 Å². The predicted octanol–water partition coefficient (Wildman–Crippen LogP) is 1.13. The van der Waals surface area contributed by atoms with Gasteiger partial charge in [-0.05, 0) is 20.8 Å². The fourth-order valence-electron chi connectivity index (χ4n) is 1.11. The monoisotopic (exact) mass is 241 g/mol. The molecule has 17 heavy (non-hydrogen) atoms. The molecule has 7 heteroatoms. The van der Waals surface area contributed by atoms with Crippen molar-refractivity contribution in [2.75, 3.05) is 0 Å². The highest BCUT2D eigenvalue weighted by molar-refractivity contribution is 5.88. The number of rotatable bonds is 3. The van der Waals surface area contributed by atoms with Crippen LogP contribution in [-0.2, 0) is 11.3 Å². The third-order valence-electron chi connectivity index (χ3n) is 1.76. The second-order valence-corrected chi connectivity index (χ2v) is 4.42. The zero-order chi connectivity index (χ0) is 13.1. The molecule has 1 aromatic heterocycles. The van der Waals surface area contributed by atoms with Crippen LogP contribution in [0.5, 0.6) is 0 Å². The Morgan fingerprint density at radius 1 is 1.53 bits per heavy atom. The highest BCUT2D eigenvalue weighted by atomic mass is 16.6. The number of H-pyrrole nitrogens is 1. The average molecular weight is 241 g/mol. The molecule has 0 fully saturated rings. The Kier molecular flexibility index (Phi) is 3.72. The lowest BCUT2D eigenvalue weighted by Gasteiger charge is -2.19. The van der Waals surface area contributed by atoms with E-state index in [-0.39, 0.29) is 12.1 Å². The lowest BCUT2D eigenvalue weighted by molar-refractivity contribution is 0.0520. The predicted molar refractivity (Wildman–Crippen MR) is 58.6 cm³/mol. The number of aromatic nitrogens is 2. The first-order chi connectivity index (χ1) is 7.79. The molecule has 1 amide bonds. The van der Waals surface area contributed by atoms with Crippen LogP contribution < -0.4 is 5.32 Å². The average Bonchev–Trinajstić information content (AvgIpc) is 2.59. The van der Waals surface area contributed by atoms with Gasteiger partial charge in [0.25, 0.3) is 0 Å². The lowest BCUT2D eigenvalue weighted by atomic mass is 10.2. The fraction of sp³-hybridized carbons (Fsp3) is 0.500. The van der Waals surface area contributed by atoms with E-state index in [1.807, 2.05) is 0 Å². The first-order valence-electron chi connectivity index (χ1n) is 5.02. The van der Waals surface area contributed by atoms with Crippen molar-refractivity contribution >= 4 is 12.1 Å². The van der Waals surface area contributed by atoms with Crippen molar-refractivity contribution in [3.63, 3.8) is 0 Å². The summed E-state index contributed by atoms with van der Waals surface area (Å²) in [6, 6.07) is 0. The van der Waals surface area contributed by atoms with Gasteiger partial charge < -0.3 is 15.2 Å². The van der Waals surface area contributed by atoms with Crippen molar-refractivity contribution in [2.45, 2.75) is 32.9 Å². The highest BCUT2D eigenvalue weighted by Gasteiger charge is 2.17. The van der Waals surface area contributed by atoms with E-state index in [1.54, 1.807) is 20.8 Å². The van der Waals surface area contributed by atoms with Gasteiger partial charge in [-0.25, -0.2) is 9.59 Å². The smallest absolute Gasteiger partial charge is 0.407 e. The SMILES string of the molecule is CC(C)(C)OC(=O)NCc1[nH]ncc1C(=O)O. The number of carboxylic acids is 1. The number of hydrogen-bond donors (Lipinski definition) is 3. The minimum absolute atomic E-state index is 0.0244. The first kappa shape index (κ1) is 13.0. The summed E-state index contributed by atoms with van der Waals surface area (Å²) >= 11 is 0. The Morgan fingerprint density at radius 2 is 2.18 bits per heavy atom. The molecule has 94 valence electrons. The topological polar surface area (TPSA) is 104 Å². The van der Waals surface area contributed by atoms with E-state index in [1.165, 1.54) is 6.20 Å². The molecule has 1 rings (SSSR count). The molecule has 1 aromatic rings. The Hall–Kier alpha value is -2.05. The largest absolute Gasteiger partial charge is 0.478 e. The van der Waals surface area contributed by atoms with Gasteiger partial charge in [-0.15, -0.1) is 0 Å². The van der Waals surface area contributed by atoms with Crippen LogP contribution in [0.3, 0.4) is 0 Å². The Balaban J connectivity index is 2.53. The van der Waals surface area contributed by atoms with Crippen LogP contribution in [0.4, 0.5) is 4.79 Å². The van der Waals surface area contributed by atoms with E-state index >= 15 is 0 Å². The number of nitrogens with zero attached hydrogens (tertiary/aromatic N) is 1. The van der Waals surface area contributed by atoms with Crippen LogP contribution in [0.2, 0.25) is 0 Å². The van der Waals surface area contributed by atoms with Gasteiger partial charge in [0.1, 0.15) is 11.2 Å². The Bertz CT molecular complexity index is 419. The molecule has 3 N–H and O–H groups in total. The zero-order valence-corrected chi connectivity index (χ0v) is 9.90. The number of nitrogens with one attached hydrogen (secondary N) is 2. The Labute approximate surface area is 98.2 Å². The lowest BCUT2D eigenvalue weighted by Crippen LogP contribution is -2.32.